The Morgan fingerprint density at radius 1 is 1.24 bits per heavy atom. The Kier molecular flexibility index (Phi) is 8.40. The van der Waals surface area contributed by atoms with E-state index in [9.17, 15) is 9.59 Å². The quantitative estimate of drug-likeness (QED) is 0.286. The molecule has 0 bridgehead atoms. The molecule has 0 spiro atoms. The Hall–Kier alpha value is -3.18. The van der Waals surface area contributed by atoms with Crippen molar-refractivity contribution in [2.45, 2.75) is 77.0 Å². The minimum atomic E-state index is -0.936. The number of rotatable bonds is 9. The second-order valence-electron chi connectivity index (χ2n) is 11.3. The molecule has 0 radical (unpaired) electrons. The lowest BCUT2D eigenvalue weighted by Gasteiger charge is -2.35. The molecule has 42 heavy (non-hydrogen) atoms. The van der Waals surface area contributed by atoms with Gasteiger partial charge in [0.2, 0.25) is 11.3 Å². The first kappa shape index (κ1) is 28.9. The summed E-state index contributed by atoms with van der Waals surface area (Å²) in [6.07, 6.45) is 6.50. The van der Waals surface area contributed by atoms with Gasteiger partial charge >= 0.3 is 0 Å². The number of aromatic nitrogens is 3. The third kappa shape index (κ3) is 5.25. The van der Waals surface area contributed by atoms with Crippen molar-refractivity contribution in [3.63, 3.8) is 0 Å². The molecule has 0 saturated carbocycles. The lowest BCUT2D eigenvalue weighted by molar-refractivity contribution is -0.123. The van der Waals surface area contributed by atoms with E-state index in [4.69, 9.17) is 19.0 Å². The maximum atomic E-state index is 14.3. The number of thiophene rings is 1. The molecular formula is C32H38N4O5S. The van der Waals surface area contributed by atoms with Crippen molar-refractivity contribution in [2.24, 2.45) is 0 Å². The zero-order valence-corrected chi connectivity index (χ0v) is 25.3. The molecule has 222 valence electrons. The molecule has 1 atom stereocenters. The number of nitrogens with zero attached hydrogens (tertiary/aromatic N) is 3. The SMILES string of the molecule is CCc1ccccc1C(Cn1nc(C2(C(C)=O)CCNCC2)c(=O)c2c(C)c(-c3ncco3)sc21)OC1CCOCC1. The van der Waals surface area contributed by atoms with Gasteiger partial charge < -0.3 is 19.2 Å². The monoisotopic (exact) mass is 590 g/mol. The lowest BCUT2D eigenvalue weighted by atomic mass is 9.72. The minimum absolute atomic E-state index is 0.0216. The average molecular weight is 591 g/mol. The van der Waals surface area contributed by atoms with E-state index in [1.165, 1.54) is 23.2 Å². The zero-order chi connectivity index (χ0) is 29.3. The molecule has 1 aromatic carbocycles. The number of fused-ring (bicyclic) bond motifs is 1. The average Bonchev–Trinajstić information content (AvgIpc) is 3.67. The van der Waals surface area contributed by atoms with Gasteiger partial charge in [0.1, 0.15) is 28.7 Å². The van der Waals surface area contributed by atoms with Crippen molar-refractivity contribution >= 4 is 27.3 Å². The van der Waals surface area contributed by atoms with Crippen LogP contribution in [-0.4, -0.2) is 53.0 Å². The summed E-state index contributed by atoms with van der Waals surface area (Å²) in [6, 6.07) is 8.38. The third-order valence-corrected chi connectivity index (χ3v) is 10.2. The summed E-state index contributed by atoms with van der Waals surface area (Å²) in [5.74, 6) is 0.447. The Morgan fingerprint density at radius 3 is 2.69 bits per heavy atom. The molecule has 0 amide bonds. The van der Waals surface area contributed by atoms with E-state index in [0.29, 0.717) is 62.7 Å². The van der Waals surface area contributed by atoms with Gasteiger partial charge in [0.25, 0.3) is 0 Å². The van der Waals surface area contributed by atoms with Crippen LogP contribution in [0.1, 0.15) is 68.0 Å². The fraction of sp³-hybridized carbons (Fsp3) is 0.500. The molecule has 1 N–H and O–H groups in total. The van der Waals surface area contributed by atoms with Gasteiger partial charge in [0.05, 0.1) is 34.5 Å². The first-order valence-corrected chi connectivity index (χ1v) is 15.7. The highest BCUT2D eigenvalue weighted by Gasteiger charge is 2.43. The van der Waals surface area contributed by atoms with Gasteiger partial charge in [-0.05, 0) is 75.7 Å². The molecule has 9 nitrogen and oxygen atoms in total. The Morgan fingerprint density at radius 2 is 2.00 bits per heavy atom. The molecule has 2 aliphatic heterocycles. The Balaban J connectivity index is 1.55. The van der Waals surface area contributed by atoms with Crippen LogP contribution in [0.5, 0.6) is 0 Å². The summed E-state index contributed by atoms with van der Waals surface area (Å²) >= 11 is 1.45. The number of oxazole rings is 1. The first-order valence-electron chi connectivity index (χ1n) is 14.9. The fourth-order valence-corrected chi connectivity index (χ4v) is 7.65. The number of aryl methyl sites for hydroxylation is 2. The topological polar surface area (TPSA) is 108 Å². The molecule has 1 unspecified atom stereocenters. The summed E-state index contributed by atoms with van der Waals surface area (Å²) in [4.78, 5) is 33.5. The molecular weight excluding hydrogens is 552 g/mol. The number of piperidine rings is 1. The number of hydrogen-bond donors (Lipinski definition) is 1. The predicted octanol–water partition coefficient (Wildman–Crippen LogP) is 5.13. The van der Waals surface area contributed by atoms with Crippen molar-refractivity contribution in [3.8, 4) is 10.8 Å². The molecule has 6 rings (SSSR count). The van der Waals surface area contributed by atoms with Crippen LogP contribution in [0.3, 0.4) is 0 Å². The van der Waals surface area contributed by atoms with Crippen LogP contribution in [-0.2, 0) is 32.6 Å². The molecule has 2 aliphatic rings. The smallest absolute Gasteiger partial charge is 0.236 e. The highest BCUT2D eigenvalue weighted by molar-refractivity contribution is 7.22. The van der Waals surface area contributed by atoms with Gasteiger partial charge in [-0.25, -0.2) is 4.98 Å². The van der Waals surface area contributed by atoms with Crippen molar-refractivity contribution in [1.29, 1.82) is 0 Å². The Bertz CT molecular complexity index is 1610. The van der Waals surface area contributed by atoms with Gasteiger partial charge in [0, 0.05) is 13.2 Å². The largest absolute Gasteiger partial charge is 0.444 e. The van der Waals surface area contributed by atoms with Crippen LogP contribution in [0, 0.1) is 6.92 Å². The van der Waals surface area contributed by atoms with E-state index in [1.807, 2.05) is 17.7 Å². The molecule has 3 aromatic heterocycles. The standard InChI is InChI=1S/C32H38N4O5S/c1-4-22-7-5-6-8-24(22)25(41-23-9-16-39-17-10-23)19-36-31-26(20(2)28(42-31)30-34-15-18-40-30)27(38)29(35-36)32(21(3)37)11-13-33-14-12-32/h5-8,15,18,23,25,33H,4,9-14,16-17,19H2,1-3H3. The van der Waals surface area contributed by atoms with Gasteiger partial charge in [-0.15, -0.1) is 11.3 Å². The van der Waals surface area contributed by atoms with Gasteiger partial charge in [0.15, 0.2) is 0 Å². The van der Waals surface area contributed by atoms with Crippen molar-refractivity contribution in [1.82, 2.24) is 20.1 Å². The zero-order valence-electron chi connectivity index (χ0n) is 24.5. The summed E-state index contributed by atoms with van der Waals surface area (Å²) in [5.41, 5.74) is 2.34. The van der Waals surface area contributed by atoms with E-state index in [1.54, 1.807) is 13.1 Å². The molecule has 2 saturated heterocycles. The van der Waals surface area contributed by atoms with E-state index in [0.717, 1.165) is 40.1 Å². The number of ketones is 1. The van der Waals surface area contributed by atoms with Crippen molar-refractivity contribution in [2.75, 3.05) is 26.3 Å². The van der Waals surface area contributed by atoms with Crippen LogP contribution in [0.2, 0.25) is 0 Å². The molecule has 4 aromatic rings. The molecule has 5 heterocycles. The second-order valence-corrected chi connectivity index (χ2v) is 12.3. The molecule has 0 aliphatic carbocycles. The van der Waals surface area contributed by atoms with Crippen molar-refractivity contribution < 1.29 is 18.7 Å². The van der Waals surface area contributed by atoms with Crippen LogP contribution >= 0.6 is 11.3 Å². The van der Waals surface area contributed by atoms with Crippen LogP contribution < -0.4 is 10.7 Å². The maximum absolute atomic E-state index is 14.3. The number of benzene rings is 1. The van der Waals surface area contributed by atoms with Crippen molar-refractivity contribution in [3.05, 3.63) is 69.3 Å². The number of Topliss-reactive ketones (excluding diaryl/α,β-unsaturated/α-hetero) is 1. The summed E-state index contributed by atoms with van der Waals surface area (Å²) < 4.78 is 20.0. The van der Waals surface area contributed by atoms with Crippen LogP contribution in [0.4, 0.5) is 0 Å². The van der Waals surface area contributed by atoms with E-state index >= 15 is 0 Å². The van der Waals surface area contributed by atoms with Crippen LogP contribution in [0.25, 0.3) is 21.0 Å². The fourth-order valence-electron chi connectivity index (χ4n) is 6.45. The first-order chi connectivity index (χ1) is 20.4. The normalized spacial score (nSPS) is 18.4. The summed E-state index contributed by atoms with van der Waals surface area (Å²) in [5, 5.41) is 9.00. The Labute approximate surface area is 249 Å². The summed E-state index contributed by atoms with van der Waals surface area (Å²) in [7, 11) is 0. The number of hydrogen-bond acceptors (Lipinski definition) is 9. The predicted molar refractivity (Wildman–Crippen MR) is 162 cm³/mol. The van der Waals surface area contributed by atoms with E-state index in [-0.39, 0.29) is 23.4 Å². The number of carbonyl (C=O) groups is 1. The van der Waals surface area contributed by atoms with E-state index < -0.39 is 5.41 Å². The second kappa shape index (κ2) is 12.2. The number of carbonyl (C=O) groups excluding carboxylic acids is 1. The van der Waals surface area contributed by atoms with Gasteiger partial charge in [-0.1, -0.05) is 31.2 Å². The maximum Gasteiger partial charge on any atom is 0.236 e. The lowest BCUT2D eigenvalue weighted by Crippen LogP contribution is -2.48. The number of ether oxygens (including phenoxy) is 2. The highest BCUT2D eigenvalue weighted by atomic mass is 32.1. The highest BCUT2D eigenvalue weighted by Crippen LogP contribution is 2.39. The third-order valence-electron chi connectivity index (χ3n) is 8.88. The minimum Gasteiger partial charge on any atom is -0.444 e. The number of nitrogens with one attached hydrogen (secondary N) is 1. The van der Waals surface area contributed by atoms with E-state index in [2.05, 4.69) is 35.4 Å². The van der Waals surface area contributed by atoms with Crippen LogP contribution in [0.15, 0.2) is 45.9 Å². The summed E-state index contributed by atoms with van der Waals surface area (Å²) in [6.45, 7) is 8.73. The molecule has 2 fully saturated rings. The van der Waals surface area contributed by atoms with Gasteiger partial charge in [-0.2, -0.15) is 5.10 Å². The van der Waals surface area contributed by atoms with Gasteiger partial charge in [-0.3, -0.25) is 14.3 Å². The molecule has 10 heteroatoms.